The lowest BCUT2D eigenvalue weighted by atomic mass is 9.57. The molecular weight excluding hydrogens is 465 g/mol. The zero-order valence-corrected chi connectivity index (χ0v) is 16.9. The van der Waals surface area contributed by atoms with Crippen molar-refractivity contribution in [1.82, 2.24) is 4.90 Å². The summed E-state index contributed by atoms with van der Waals surface area (Å²) >= 11 is 2.25. The van der Waals surface area contributed by atoms with Gasteiger partial charge in [-0.15, -0.1) is 0 Å². The minimum absolute atomic E-state index is 0.0396. The van der Waals surface area contributed by atoms with Crippen molar-refractivity contribution in [2.45, 2.75) is 41.9 Å². The average molecular weight is 485 g/mol. The largest absolute Gasteiger partial charge is 0.480 e. The molecule has 0 spiro atoms. The van der Waals surface area contributed by atoms with Gasteiger partial charge in [0, 0.05) is 6.54 Å². The van der Waals surface area contributed by atoms with Crippen LogP contribution in [0.25, 0.3) is 0 Å². The van der Waals surface area contributed by atoms with E-state index in [1.807, 2.05) is 37.3 Å². The van der Waals surface area contributed by atoms with E-state index in [1.165, 1.54) is 4.90 Å². The summed E-state index contributed by atoms with van der Waals surface area (Å²) < 4.78 is 11.1. The number of fused-ring (bicyclic) bond motifs is 1. The van der Waals surface area contributed by atoms with Crippen molar-refractivity contribution >= 4 is 40.6 Å². The number of hydrogen-bond donors (Lipinski definition) is 1. The molecule has 1 N–H and O–H groups in total. The molecule has 8 heteroatoms. The number of nitrogens with zero attached hydrogens (tertiary/aromatic N) is 1. The number of esters is 1. The fourth-order valence-electron chi connectivity index (χ4n) is 4.95. The van der Waals surface area contributed by atoms with E-state index < -0.39 is 35.1 Å². The van der Waals surface area contributed by atoms with Gasteiger partial charge < -0.3 is 14.6 Å². The second kappa shape index (κ2) is 6.35. The number of rotatable bonds is 4. The Morgan fingerprint density at radius 3 is 2.70 bits per heavy atom. The van der Waals surface area contributed by atoms with Crippen molar-refractivity contribution in [2.75, 3.05) is 6.54 Å². The summed E-state index contributed by atoms with van der Waals surface area (Å²) in [5.41, 5.74) is -1.84. The first-order valence-electron chi connectivity index (χ1n) is 8.95. The predicted molar refractivity (Wildman–Crippen MR) is 102 cm³/mol. The number of halogens is 1. The van der Waals surface area contributed by atoms with Gasteiger partial charge in [-0.3, -0.25) is 14.5 Å². The molecule has 1 amide bonds. The smallest absolute Gasteiger partial charge is 0.410 e. The molecule has 4 fully saturated rings. The molecule has 144 valence electrons. The lowest BCUT2D eigenvalue weighted by molar-refractivity contribution is -0.166. The van der Waals surface area contributed by atoms with Crippen molar-refractivity contribution < 1.29 is 29.0 Å². The highest BCUT2D eigenvalue weighted by Crippen LogP contribution is 2.62. The van der Waals surface area contributed by atoms with Crippen molar-refractivity contribution in [2.24, 2.45) is 11.3 Å². The van der Waals surface area contributed by atoms with Gasteiger partial charge >= 0.3 is 18.0 Å². The van der Waals surface area contributed by atoms with E-state index in [0.717, 1.165) is 5.56 Å². The van der Waals surface area contributed by atoms with Crippen molar-refractivity contribution in [1.29, 1.82) is 0 Å². The molecule has 0 radical (unpaired) electrons. The maximum absolute atomic E-state index is 12.9. The van der Waals surface area contributed by atoms with E-state index in [1.54, 1.807) is 0 Å². The highest BCUT2D eigenvalue weighted by atomic mass is 127. The quantitative estimate of drug-likeness (QED) is 0.305. The molecule has 1 aliphatic carbocycles. The van der Waals surface area contributed by atoms with E-state index in [-0.39, 0.29) is 22.9 Å². The van der Waals surface area contributed by atoms with Gasteiger partial charge in [0.15, 0.2) is 5.41 Å². The Kier molecular flexibility index (Phi) is 4.36. The number of alkyl halides is 1. The number of carbonyl (C=O) groups excluding carboxylic acids is 2. The lowest BCUT2D eigenvalue weighted by Gasteiger charge is -2.57. The van der Waals surface area contributed by atoms with Crippen LogP contribution in [0.15, 0.2) is 30.3 Å². The Morgan fingerprint density at radius 1 is 1.37 bits per heavy atom. The van der Waals surface area contributed by atoms with Crippen LogP contribution in [0.2, 0.25) is 0 Å². The molecule has 3 aliphatic heterocycles. The summed E-state index contributed by atoms with van der Waals surface area (Å²) in [5, 5.41) is 9.93. The van der Waals surface area contributed by atoms with Crippen LogP contribution < -0.4 is 0 Å². The van der Waals surface area contributed by atoms with Crippen LogP contribution in [0.4, 0.5) is 4.79 Å². The van der Waals surface area contributed by atoms with Crippen molar-refractivity contribution in [3.63, 3.8) is 0 Å². The molecule has 5 atom stereocenters. The Labute approximate surface area is 170 Å². The molecule has 27 heavy (non-hydrogen) atoms. The number of carboxylic acids is 1. The molecule has 7 nitrogen and oxygen atoms in total. The van der Waals surface area contributed by atoms with E-state index in [9.17, 15) is 19.5 Å². The molecule has 0 aromatic heterocycles. The third-order valence-electron chi connectivity index (χ3n) is 6.16. The molecule has 1 aromatic rings. The molecule has 0 unspecified atom stereocenters. The van der Waals surface area contributed by atoms with Crippen LogP contribution in [-0.4, -0.2) is 50.2 Å². The molecular formula is C19H20INO6. The first kappa shape index (κ1) is 18.5. The van der Waals surface area contributed by atoms with Crippen LogP contribution in [0.5, 0.6) is 0 Å². The maximum Gasteiger partial charge on any atom is 0.410 e. The normalized spacial score (nSPS) is 36.4. The topological polar surface area (TPSA) is 93.1 Å². The van der Waals surface area contributed by atoms with Gasteiger partial charge in [-0.2, -0.15) is 0 Å². The molecule has 1 aromatic carbocycles. The standard InChI is InChI=1S/C19H20INO6/c1-2-19-13(20)12-8-18(15(22)23,16(24)27-19)14(19)21(9-12)17(25)26-10-11-6-4-3-5-7-11/h3-7,12-14H,2,8-10H2,1H3,(H,22,23)/t12-,13+,14-,18+,19+/m1/s1. The van der Waals surface area contributed by atoms with Crippen LogP contribution in [0.3, 0.4) is 0 Å². The summed E-state index contributed by atoms with van der Waals surface area (Å²) in [6.45, 7) is 2.33. The number of carbonyl (C=O) groups is 3. The van der Waals surface area contributed by atoms with Gasteiger partial charge in [-0.25, -0.2) is 4.79 Å². The van der Waals surface area contributed by atoms with E-state index in [2.05, 4.69) is 22.6 Å². The predicted octanol–water partition coefficient (Wildman–Crippen LogP) is 2.61. The van der Waals surface area contributed by atoms with E-state index in [0.29, 0.717) is 13.0 Å². The summed E-state index contributed by atoms with van der Waals surface area (Å²) in [6.07, 6.45) is 0.0490. The highest BCUT2D eigenvalue weighted by molar-refractivity contribution is 14.1. The SMILES string of the molecule is CC[C@@]12OC(=O)[C@@]3(C(=O)O)C[C@H](CN(C(=O)OCc4ccccc4)[C@H]31)[C@@H]2I. The van der Waals surface area contributed by atoms with Crippen LogP contribution >= 0.6 is 22.6 Å². The maximum atomic E-state index is 12.9. The molecule has 4 aliphatic rings. The number of hydrogen-bond acceptors (Lipinski definition) is 5. The number of benzene rings is 1. The number of amides is 1. The zero-order chi connectivity index (χ0) is 19.4. The van der Waals surface area contributed by atoms with Gasteiger partial charge in [0.1, 0.15) is 18.2 Å². The number of piperidine rings is 2. The second-order valence-corrected chi connectivity index (χ2v) is 8.78. The number of ether oxygens (including phenoxy) is 2. The van der Waals surface area contributed by atoms with Crippen molar-refractivity contribution in [3.8, 4) is 0 Å². The molecule has 5 rings (SSSR count). The van der Waals surface area contributed by atoms with Crippen molar-refractivity contribution in [3.05, 3.63) is 35.9 Å². The van der Waals surface area contributed by atoms with E-state index in [4.69, 9.17) is 9.47 Å². The summed E-state index contributed by atoms with van der Waals surface area (Å²) in [7, 11) is 0. The molecule has 4 bridgehead atoms. The van der Waals surface area contributed by atoms with Gasteiger partial charge in [0.2, 0.25) is 0 Å². The molecule has 3 heterocycles. The molecule has 1 saturated carbocycles. The minimum atomic E-state index is -1.70. The fourth-order valence-corrected chi connectivity index (χ4v) is 6.34. The van der Waals surface area contributed by atoms with Gasteiger partial charge in [0.05, 0.1) is 3.92 Å². The third kappa shape index (κ3) is 2.41. The number of carboxylic acid groups (broad SMARTS) is 1. The van der Waals surface area contributed by atoms with Crippen LogP contribution in [0.1, 0.15) is 25.3 Å². The van der Waals surface area contributed by atoms with Gasteiger partial charge in [-0.05, 0) is 24.3 Å². The lowest BCUT2D eigenvalue weighted by Crippen LogP contribution is -2.74. The Hall–Kier alpha value is -1.84. The average Bonchev–Trinajstić information content (AvgIpc) is 2.92. The Bertz CT molecular complexity index is 801. The third-order valence-corrected chi connectivity index (χ3v) is 8.23. The summed E-state index contributed by atoms with van der Waals surface area (Å²) in [4.78, 5) is 39.1. The summed E-state index contributed by atoms with van der Waals surface area (Å²) in [6, 6.07) is 8.42. The van der Waals surface area contributed by atoms with Crippen LogP contribution in [-0.2, 0) is 25.7 Å². The molecule has 3 saturated heterocycles. The summed E-state index contributed by atoms with van der Waals surface area (Å²) in [5.74, 6) is -2.09. The second-order valence-electron chi connectivity index (χ2n) is 7.44. The van der Waals surface area contributed by atoms with Gasteiger partial charge in [-0.1, -0.05) is 59.8 Å². The van der Waals surface area contributed by atoms with Gasteiger partial charge in [0.25, 0.3) is 0 Å². The minimum Gasteiger partial charge on any atom is -0.480 e. The first-order valence-corrected chi connectivity index (χ1v) is 10.2. The number of aliphatic carboxylic acids is 1. The Balaban J connectivity index is 1.66. The first-order chi connectivity index (χ1) is 12.9. The van der Waals surface area contributed by atoms with E-state index >= 15 is 0 Å². The fraction of sp³-hybridized carbons (Fsp3) is 0.526. The monoisotopic (exact) mass is 485 g/mol. The zero-order valence-electron chi connectivity index (χ0n) is 14.8. The van der Waals surface area contributed by atoms with Crippen LogP contribution in [0, 0.1) is 11.3 Å². The highest BCUT2D eigenvalue weighted by Gasteiger charge is 2.79. The Morgan fingerprint density at radius 2 is 2.07 bits per heavy atom.